The number of nitrogens with zero attached hydrogens (tertiary/aromatic N) is 2. The highest BCUT2D eigenvalue weighted by Crippen LogP contribution is 2.37. The van der Waals surface area contributed by atoms with Crippen molar-refractivity contribution in [2.24, 2.45) is 0 Å². The van der Waals surface area contributed by atoms with Crippen molar-refractivity contribution in [2.75, 3.05) is 0 Å². The zero-order valence-corrected chi connectivity index (χ0v) is 21.9. The minimum atomic E-state index is -0.694. The van der Waals surface area contributed by atoms with E-state index >= 15 is 0 Å². The van der Waals surface area contributed by atoms with Crippen molar-refractivity contribution in [2.45, 2.75) is 64.3 Å². The summed E-state index contributed by atoms with van der Waals surface area (Å²) in [7, 11) is 0. The number of hydrogen-bond donors (Lipinski definition) is 1. The van der Waals surface area contributed by atoms with Crippen LogP contribution in [-0.4, -0.2) is 33.3 Å². The molecule has 0 bridgehead atoms. The molecule has 0 unspecified atom stereocenters. The van der Waals surface area contributed by atoms with Gasteiger partial charge in [0.05, 0.1) is 32.6 Å². The van der Waals surface area contributed by atoms with Gasteiger partial charge in [-0.25, -0.2) is 14.6 Å². The molecule has 4 rings (SSSR count). The van der Waals surface area contributed by atoms with Crippen LogP contribution in [0.15, 0.2) is 47.3 Å². The summed E-state index contributed by atoms with van der Waals surface area (Å²) >= 11 is 12.7. The van der Waals surface area contributed by atoms with Crippen molar-refractivity contribution in [1.29, 1.82) is 0 Å². The van der Waals surface area contributed by atoms with Gasteiger partial charge in [0.1, 0.15) is 17.5 Å². The fourth-order valence-corrected chi connectivity index (χ4v) is 4.53. The van der Waals surface area contributed by atoms with E-state index in [0.717, 1.165) is 0 Å². The normalized spacial score (nSPS) is 18.3. The van der Waals surface area contributed by atoms with E-state index in [1.54, 1.807) is 64.1 Å². The number of halogens is 2. The fourth-order valence-electron chi connectivity index (χ4n) is 4.09. The SMILES string of the molecule is C[C@H](NC(=O)OC(C)(C)C)c1nc2c(Cl)ccc(Cl)c2c(=O)n1C1CC(OC(=O)c2ccccc2)C1. The summed E-state index contributed by atoms with van der Waals surface area (Å²) in [6.45, 7) is 6.98. The van der Waals surface area contributed by atoms with Gasteiger partial charge in [0, 0.05) is 18.9 Å². The molecule has 0 saturated heterocycles. The van der Waals surface area contributed by atoms with Gasteiger partial charge in [-0.05, 0) is 52.0 Å². The third-order valence-corrected chi connectivity index (χ3v) is 6.44. The van der Waals surface area contributed by atoms with E-state index in [0.29, 0.717) is 24.2 Å². The maximum atomic E-state index is 13.7. The number of amides is 1. The van der Waals surface area contributed by atoms with Gasteiger partial charge >= 0.3 is 12.1 Å². The summed E-state index contributed by atoms with van der Waals surface area (Å²) in [5, 5.41) is 3.44. The third-order valence-electron chi connectivity index (χ3n) is 5.82. The molecular formula is C26H27Cl2N3O5. The Kier molecular flexibility index (Phi) is 7.29. The van der Waals surface area contributed by atoms with Gasteiger partial charge < -0.3 is 14.8 Å². The Morgan fingerprint density at radius 2 is 1.72 bits per heavy atom. The topological polar surface area (TPSA) is 99.5 Å². The molecule has 1 fully saturated rings. The number of carbonyl (C=O) groups is 2. The molecule has 1 heterocycles. The van der Waals surface area contributed by atoms with Crippen LogP contribution in [0.4, 0.5) is 4.79 Å². The molecular weight excluding hydrogens is 505 g/mol. The summed E-state index contributed by atoms with van der Waals surface area (Å²) in [6, 6.07) is 10.8. The van der Waals surface area contributed by atoms with Gasteiger partial charge in [0.25, 0.3) is 5.56 Å². The number of esters is 1. The lowest BCUT2D eigenvalue weighted by Gasteiger charge is -2.37. The number of hydrogen-bond acceptors (Lipinski definition) is 6. The van der Waals surface area contributed by atoms with Crippen LogP contribution in [-0.2, 0) is 9.47 Å². The third kappa shape index (κ3) is 5.50. The first-order valence-corrected chi connectivity index (χ1v) is 12.4. The second kappa shape index (κ2) is 10.1. The smallest absolute Gasteiger partial charge is 0.408 e. The van der Waals surface area contributed by atoms with E-state index in [1.807, 2.05) is 6.07 Å². The average Bonchev–Trinajstić information content (AvgIpc) is 2.77. The van der Waals surface area contributed by atoms with Crippen LogP contribution in [0, 0.1) is 0 Å². The zero-order chi connectivity index (χ0) is 26.2. The second-order valence-corrected chi connectivity index (χ2v) is 10.6. The largest absolute Gasteiger partial charge is 0.459 e. The predicted octanol–water partition coefficient (Wildman–Crippen LogP) is 5.85. The minimum absolute atomic E-state index is 0.196. The van der Waals surface area contributed by atoms with Crippen molar-refractivity contribution in [3.63, 3.8) is 0 Å². The van der Waals surface area contributed by atoms with Crippen LogP contribution in [0.25, 0.3) is 10.9 Å². The maximum Gasteiger partial charge on any atom is 0.408 e. The van der Waals surface area contributed by atoms with E-state index in [2.05, 4.69) is 10.3 Å². The standard InChI is InChI=1S/C26H27Cl2N3O5/c1-14(29-25(34)36-26(2,3)4)22-30-21-19(28)11-10-18(27)20(21)23(32)31(22)16-12-17(13-16)35-24(33)15-8-6-5-7-9-15/h5-11,14,16-17H,12-13H2,1-4H3,(H,29,34)/t14-,16?,17?/m0/s1. The Labute approximate surface area is 218 Å². The van der Waals surface area contributed by atoms with E-state index < -0.39 is 23.7 Å². The second-order valence-electron chi connectivity index (χ2n) is 9.78. The molecule has 0 radical (unpaired) electrons. The number of ether oxygens (including phenoxy) is 2. The number of rotatable bonds is 5. The Morgan fingerprint density at radius 3 is 2.36 bits per heavy atom. The average molecular weight is 532 g/mol. The van der Waals surface area contributed by atoms with Crippen molar-refractivity contribution in [1.82, 2.24) is 14.9 Å². The molecule has 10 heteroatoms. The Bertz CT molecular complexity index is 1360. The lowest BCUT2D eigenvalue weighted by molar-refractivity contribution is -0.00944. The quantitative estimate of drug-likeness (QED) is 0.414. The van der Waals surface area contributed by atoms with Gasteiger partial charge in [-0.15, -0.1) is 0 Å². The van der Waals surface area contributed by atoms with E-state index in [9.17, 15) is 14.4 Å². The molecule has 1 saturated carbocycles. The molecule has 1 aromatic heterocycles. The summed E-state index contributed by atoms with van der Waals surface area (Å²) in [5.74, 6) is -0.113. The van der Waals surface area contributed by atoms with Crippen LogP contribution in [0.1, 0.15) is 68.8 Å². The van der Waals surface area contributed by atoms with Crippen LogP contribution in [0.2, 0.25) is 10.0 Å². The molecule has 36 heavy (non-hydrogen) atoms. The molecule has 8 nitrogen and oxygen atoms in total. The molecule has 1 amide bonds. The molecule has 190 valence electrons. The van der Waals surface area contributed by atoms with Gasteiger partial charge in [-0.1, -0.05) is 41.4 Å². The molecule has 0 aliphatic heterocycles. The fraction of sp³-hybridized carbons (Fsp3) is 0.385. The number of alkyl carbamates (subject to hydrolysis) is 1. The summed E-state index contributed by atoms with van der Waals surface area (Å²) in [5.41, 5.74) is -0.355. The predicted molar refractivity (Wildman–Crippen MR) is 138 cm³/mol. The molecule has 0 spiro atoms. The molecule has 1 aliphatic rings. The highest BCUT2D eigenvalue weighted by Gasteiger charge is 2.37. The van der Waals surface area contributed by atoms with Crippen LogP contribution >= 0.6 is 23.2 Å². The number of nitrogens with one attached hydrogen (secondary N) is 1. The number of fused-ring (bicyclic) bond motifs is 1. The molecule has 3 aromatic rings. The van der Waals surface area contributed by atoms with Gasteiger partial charge in [0.15, 0.2) is 0 Å². The number of carbonyl (C=O) groups excluding carboxylic acids is 2. The van der Waals surface area contributed by atoms with Crippen LogP contribution in [0.5, 0.6) is 0 Å². The first-order chi connectivity index (χ1) is 16.9. The number of aromatic nitrogens is 2. The van der Waals surface area contributed by atoms with Crippen molar-refractivity contribution in [3.8, 4) is 0 Å². The van der Waals surface area contributed by atoms with E-state index in [4.69, 9.17) is 32.7 Å². The lowest BCUT2D eigenvalue weighted by Crippen LogP contribution is -2.43. The van der Waals surface area contributed by atoms with E-state index in [1.165, 1.54) is 4.57 Å². The molecule has 1 aliphatic carbocycles. The summed E-state index contributed by atoms with van der Waals surface area (Å²) in [6.07, 6.45) is -0.176. The summed E-state index contributed by atoms with van der Waals surface area (Å²) < 4.78 is 12.5. The van der Waals surface area contributed by atoms with Crippen molar-refractivity contribution < 1.29 is 19.1 Å². The van der Waals surface area contributed by atoms with Crippen LogP contribution < -0.4 is 10.9 Å². The number of benzene rings is 2. The van der Waals surface area contributed by atoms with Crippen LogP contribution in [0.3, 0.4) is 0 Å². The monoisotopic (exact) mass is 531 g/mol. The summed E-state index contributed by atoms with van der Waals surface area (Å²) in [4.78, 5) is 43.2. The Morgan fingerprint density at radius 1 is 1.08 bits per heavy atom. The van der Waals surface area contributed by atoms with Gasteiger partial charge in [0.2, 0.25) is 0 Å². The lowest BCUT2D eigenvalue weighted by atomic mass is 9.88. The van der Waals surface area contributed by atoms with Gasteiger partial charge in [-0.2, -0.15) is 0 Å². The molecule has 1 atom stereocenters. The van der Waals surface area contributed by atoms with Crippen molar-refractivity contribution >= 4 is 46.2 Å². The Hall–Kier alpha value is -3.10. The maximum absolute atomic E-state index is 13.7. The first-order valence-electron chi connectivity index (χ1n) is 11.6. The van der Waals surface area contributed by atoms with E-state index in [-0.39, 0.29) is 38.7 Å². The molecule has 1 N–H and O–H groups in total. The zero-order valence-electron chi connectivity index (χ0n) is 20.4. The van der Waals surface area contributed by atoms with Gasteiger partial charge in [-0.3, -0.25) is 9.36 Å². The highest BCUT2D eigenvalue weighted by atomic mass is 35.5. The van der Waals surface area contributed by atoms with Crippen molar-refractivity contribution in [3.05, 3.63) is 74.3 Å². The molecule has 2 aromatic carbocycles. The minimum Gasteiger partial charge on any atom is -0.459 e. The highest BCUT2D eigenvalue weighted by molar-refractivity contribution is 6.39. The Balaban J connectivity index is 1.64. The first kappa shape index (κ1) is 26.0.